The van der Waals surface area contributed by atoms with Crippen molar-refractivity contribution in [3.8, 4) is 5.69 Å². The number of pyridine rings is 1. The van der Waals surface area contributed by atoms with E-state index in [0.29, 0.717) is 27.2 Å². The Hall–Kier alpha value is -1.30. The highest BCUT2D eigenvalue weighted by molar-refractivity contribution is 9.10. The SMILES string of the molecule is Nc1nc2cc(Cl)cnc2n1-c1ccc(Cl)c(Br)c1. The number of hydrogen-bond acceptors (Lipinski definition) is 3. The van der Waals surface area contributed by atoms with E-state index in [2.05, 4.69) is 25.9 Å². The van der Waals surface area contributed by atoms with Gasteiger partial charge in [-0.05, 0) is 40.2 Å². The maximum absolute atomic E-state index is 5.98. The molecule has 96 valence electrons. The van der Waals surface area contributed by atoms with Crippen LogP contribution in [0.2, 0.25) is 10.0 Å². The van der Waals surface area contributed by atoms with E-state index >= 15 is 0 Å². The number of halogens is 3. The van der Waals surface area contributed by atoms with E-state index in [1.807, 2.05) is 12.1 Å². The second kappa shape index (κ2) is 4.67. The number of hydrogen-bond donors (Lipinski definition) is 1. The number of benzene rings is 1. The topological polar surface area (TPSA) is 56.7 Å². The molecule has 0 fully saturated rings. The molecule has 0 radical (unpaired) electrons. The lowest BCUT2D eigenvalue weighted by Gasteiger charge is -2.07. The van der Waals surface area contributed by atoms with Crippen LogP contribution in [-0.2, 0) is 0 Å². The van der Waals surface area contributed by atoms with Crippen LogP contribution in [0.15, 0.2) is 34.9 Å². The molecule has 0 unspecified atom stereocenters. The molecule has 3 aromatic rings. The van der Waals surface area contributed by atoms with Crippen molar-refractivity contribution in [1.82, 2.24) is 14.5 Å². The Morgan fingerprint density at radius 2 is 2.00 bits per heavy atom. The van der Waals surface area contributed by atoms with E-state index in [-0.39, 0.29) is 0 Å². The van der Waals surface area contributed by atoms with E-state index in [1.165, 1.54) is 0 Å². The Balaban J connectivity index is 2.29. The molecule has 19 heavy (non-hydrogen) atoms. The molecule has 7 heteroatoms. The second-order valence-electron chi connectivity index (χ2n) is 3.90. The molecule has 0 spiro atoms. The maximum atomic E-state index is 5.98. The minimum absolute atomic E-state index is 0.346. The number of aromatic nitrogens is 3. The number of anilines is 1. The molecule has 0 aliphatic heterocycles. The van der Waals surface area contributed by atoms with Gasteiger partial charge in [-0.3, -0.25) is 4.57 Å². The molecule has 1 aromatic carbocycles. The fourth-order valence-electron chi connectivity index (χ4n) is 1.84. The predicted molar refractivity (Wildman–Crippen MR) is 81.0 cm³/mol. The minimum atomic E-state index is 0.346. The van der Waals surface area contributed by atoms with E-state index in [9.17, 15) is 0 Å². The number of rotatable bonds is 1. The van der Waals surface area contributed by atoms with Gasteiger partial charge in [0.1, 0.15) is 5.52 Å². The predicted octanol–water partition coefficient (Wildman–Crippen LogP) is 4.07. The van der Waals surface area contributed by atoms with Crippen LogP contribution in [0, 0.1) is 0 Å². The molecular formula is C12H7BrCl2N4. The highest BCUT2D eigenvalue weighted by Gasteiger charge is 2.12. The zero-order valence-electron chi connectivity index (χ0n) is 9.44. The van der Waals surface area contributed by atoms with Crippen molar-refractivity contribution >= 4 is 56.2 Å². The standard InChI is InChI=1S/C12H7BrCl2N4/c13-8-4-7(1-2-9(8)15)19-11-10(18-12(19)16)3-6(14)5-17-11/h1-5H,(H2,16,18). The second-order valence-corrected chi connectivity index (χ2v) is 5.60. The summed E-state index contributed by atoms with van der Waals surface area (Å²) >= 11 is 15.3. The first-order chi connectivity index (χ1) is 9.06. The van der Waals surface area contributed by atoms with Crippen LogP contribution in [0.4, 0.5) is 5.95 Å². The van der Waals surface area contributed by atoms with Gasteiger partial charge in [-0.15, -0.1) is 0 Å². The normalized spacial score (nSPS) is 11.1. The maximum Gasteiger partial charge on any atom is 0.207 e. The fraction of sp³-hybridized carbons (Fsp3) is 0. The molecule has 2 aromatic heterocycles. The Morgan fingerprint density at radius 1 is 1.21 bits per heavy atom. The number of fused-ring (bicyclic) bond motifs is 1. The van der Waals surface area contributed by atoms with E-state index < -0.39 is 0 Å². The van der Waals surface area contributed by atoms with Gasteiger partial charge in [-0.1, -0.05) is 23.2 Å². The summed E-state index contributed by atoms with van der Waals surface area (Å²) in [5, 5.41) is 1.15. The average molecular weight is 358 g/mol. The Kier molecular flexibility index (Phi) is 3.12. The van der Waals surface area contributed by atoms with Crippen LogP contribution in [-0.4, -0.2) is 14.5 Å². The Labute approximate surface area is 127 Å². The van der Waals surface area contributed by atoms with Crippen molar-refractivity contribution in [1.29, 1.82) is 0 Å². The summed E-state index contributed by atoms with van der Waals surface area (Å²) in [6.45, 7) is 0. The first kappa shape index (κ1) is 12.7. The molecular weight excluding hydrogens is 351 g/mol. The van der Waals surface area contributed by atoms with Crippen LogP contribution in [0.3, 0.4) is 0 Å². The fourth-order valence-corrected chi connectivity index (χ4v) is 2.47. The Morgan fingerprint density at radius 3 is 2.74 bits per heavy atom. The van der Waals surface area contributed by atoms with E-state index in [0.717, 1.165) is 10.2 Å². The molecule has 4 nitrogen and oxygen atoms in total. The lowest BCUT2D eigenvalue weighted by Crippen LogP contribution is -2.01. The molecule has 3 rings (SSSR count). The smallest absolute Gasteiger partial charge is 0.207 e. The average Bonchev–Trinajstić information content (AvgIpc) is 2.68. The summed E-state index contributed by atoms with van der Waals surface area (Å²) in [6, 6.07) is 7.21. The number of nitrogens with two attached hydrogens (primary N) is 1. The molecule has 0 bridgehead atoms. The van der Waals surface area contributed by atoms with Crippen molar-refractivity contribution in [3.05, 3.63) is 45.0 Å². The molecule has 2 N–H and O–H groups in total. The van der Waals surface area contributed by atoms with Crippen LogP contribution in [0.5, 0.6) is 0 Å². The lowest BCUT2D eigenvalue weighted by atomic mass is 10.3. The third-order valence-corrected chi connectivity index (χ3v) is 4.07. The quantitative estimate of drug-likeness (QED) is 0.714. The van der Waals surface area contributed by atoms with Gasteiger partial charge < -0.3 is 5.73 Å². The highest BCUT2D eigenvalue weighted by Crippen LogP contribution is 2.28. The van der Waals surface area contributed by atoms with Crippen molar-refractivity contribution in [2.24, 2.45) is 0 Å². The molecule has 0 saturated heterocycles. The van der Waals surface area contributed by atoms with Gasteiger partial charge in [0, 0.05) is 10.7 Å². The third-order valence-electron chi connectivity index (χ3n) is 2.65. The summed E-state index contributed by atoms with van der Waals surface area (Å²) in [5.74, 6) is 0.346. The monoisotopic (exact) mass is 356 g/mol. The van der Waals surface area contributed by atoms with Crippen molar-refractivity contribution in [3.63, 3.8) is 0 Å². The van der Waals surface area contributed by atoms with Gasteiger partial charge in [0.25, 0.3) is 0 Å². The molecule has 0 aliphatic rings. The van der Waals surface area contributed by atoms with Crippen molar-refractivity contribution in [2.45, 2.75) is 0 Å². The van der Waals surface area contributed by atoms with Crippen LogP contribution in [0.25, 0.3) is 16.9 Å². The van der Waals surface area contributed by atoms with E-state index in [1.54, 1.807) is 22.9 Å². The summed E-state index contributed by atoms with van der Waals surface area (Å²) in [7, 11) is 0. The number of nitrogen functional groups attached to an aromatic ring is 1. The van der Waals surface area contributed by atoms with Crippen LogP contribution < -0.4 is 5.73 Å². The molecule has 0 saturated carbocycles. The van der Waals surface area contributed by atoms with Gasteiger partial charge in [0.05, 0.1) is 15.7 Å². The zero-order valence-corrected chi connectivity index (χ0v) is 12.5. The van der Waals surface area contributed by atoms with Gasteiger partial charge in [-0.2, -0.15) is 0 Å². The van der Waals surface area contributed by atoms with Gasteiger partial charge in [0.2, 0.25) is 5.95 Å². The summed E-state index contributed by atoms with van der Waals surface area (Å²) in [6.07, 6.45) is 1.56. The van der Waals surface area contributed by atoms with Gasteiger partial charge in [-0.25, -0.2) is 9.97 Å². The first-order valence-corrected chi connectivity index (χ1v) is 6.86. The van der Waals surface area contributed by atoms with Crippen molar-refractivity contribution in [2.75, 3.05) is 5.73 Å². The molecule has 2 heterocycles. The lowest BCUT2D eigenvalue weighted by molar-refractivity contribution is 1.08. The molecule has 0 atom stereocenters. The number of nitrogens with zero attached hydrogens (tertiary/aromatic N) is 3. The minimum Gasteiger partial charge on any atom is -0.369 e. The summed E-state index contributed by atoms with van der Waals surface area (Å²) < 4.78 is 2.52. The van der Waals surface area contributed by atoms with E-state index in [4.69, 9.17) is 28.9 Å². The first-order valence-electron chi connectivity index (χ1n) is 5.31. The summed E-state index contributed by atoms with van der Waals surface area (Å²) in [4.78, 5) is 8.52. The largest absolute Gasteiger partial charge is 0.369 e. The van der Waals surface area contributed by atoms with Crippen LogP contribution >= 0.6 is 39.1 Å². The third kappa shape index (κ3) is 2.18. The molecule has 0 amide bonds. The van der Waals surface area contributed by atoms with Gasteiger partial charge in [0.15, 0.2) is 5.65 Å². The number of imidazole rings is 1. The Bertz CT molecular complexity index is 785. The van der Waals surface area contributed by atoms with Crippen LogP contribution in [0.1, 0.15) is 0 Å². The highest BCUT2D eigenvalue weighted by atomic mass is 79.9. The van der Waals surface area contributed by atoms with Gasteiger partial charge >= 0.3 is 0 Å². The van der Waals surface area contributed by atoms with Crippen molar-refractivity contribution < 1.29 is 0 Å². The zero-order chi connectivity index (χ0) is 13.6. The summed E-state index contributed by atoms with van der Waals surface area (Å²) in [5.41, 5.74) is 8.07. The molecule has 0 aliphatic carbocycles.